The van der Waals surface area contributed by atoms with Gasteiger partial charge in [0.25, 0.3) is 5.56 Å². The number of aromatic amines is 1. The summed E-state index contributed by atoms with van der Waals surface area (Å²) in [6.07, 6.45) is 2.06. The molecule has 29 heavy (non-hydrogen) atoms. The van der Waals surface area contributed by atoms with Gasteiger partial charge in [0.05, 0.1) is 11.3 Å². The van der Waals surface area contributed by atoms with Gasteiger partial charge in [-0.05, 0) is 30.7 Å². The minimum atomic E-state index is -0.253. The first-order chi connectivity index (χ1) is 14.1. The number of hydrogen-bond acceptors (Lipinski definition) is 5. The van der Waals surface area contributed by atoms with Crippen molar-refractivity contribution in [2.45, 2.75) is 31.2 Å². The first-order valence-electron chi connectivity index (χ1n) is 9.31. The number of amides is 1. The third-order valence-electron chi connectivity index (χ3n) is 4.12. The Bertz CT molecular complexity index is 1080. The van der Waals surface area contributed by atoms with Crippen LogP contribution in [0.1, 0.15) is 31.0 Å². The number of nitrogens with zero attached hydrogens (tertiary/aromatic N) is 3. The number of pyridine rings is 1. The van der Waals surface area contributed by atoms with Crippen LogP contribution in [0.4, 0.5) is 5.82 Å². The van der Waals surface area contributed by atoms with Crippen LogP contribution in [0.3, 0.4) is 0 Å². The first-order valence-corrected chi connectivity index (χ1v) is 10.3. The number of H-pyrrole nitrogens is 1. The molecule has 0 unspecified atom stereocenters. The molecular weight excluding hydrogens is 386 g/mol. The summed E-state index contributed by atoms with van der Waals surface area (Å²) in [5.41, 5.74) is 1.89. The van der Waals surface area contributed by atoms with Gasteiger partial charge in [0.1, 0.15) is 16.9 Å². The molecule has 1 amide bonds. The van der Waals surface area contributed by atoms with E-state index < -0.39 is 0 Å². The highest BCUT2D eigenvalue weighted by Gasteiger charge is 2.10. The van der Waals surface area contributed by atoms with Crippen molar-refractivity contribution >= 4 is 23.5 Å². The smallest absolute Gasteiger partial charge is 0.273 e. The summed E-state index contributed by atoms with van der Waals surface area (Å²) in [4.78, 5) is 28.9. The molecule has 1 aromatic carbocycles. The Hall–Kier alpha value is -3.31. The second-order valence-electron chi connectivity index (χ2n) is 6.34. The van der Waals surface area contributed by atoms with Crippen molar-refractivity contribution in [2.75, 3.05) is 11.1 Å². The van der Waals surface area contributed by atoms with Crippen molar-refractivity contribution in [1.29, 1.82) is 5.26 Å². The largest absolute Gasteiger partial charge is 0.311 e. The van der Waals surface area contributed by atoms with Gasteiger partial charge in [0.15, 0.2) is 0 Å². The number of nitrogens with one attached hydrogen (secondary N) is 2. The van der Waals surface area contributed by atoms with E-state index >= 15 is 0 Å². The molecule has 0 spiro atoms. The summed E-state index contributed by atoms with van der Waals surface area (Å²) >= 11 is 1.38. The first kappa shape index (κ1) is 20.4. The van der Waals surface area contributed by atoms with Crippen LogP contribution in [0.15, 0.2) is 58.4 Å². The number of thioether (sulfide) groups is 1. The van der Waals surface area contributed by atoms with Crippen molar-refractivity contribution in [3.63, 3.8) is 0 Å². The Labute approximate surface area is 172 Å². The number of aromatic nitrogens is 3. The molecule has 0 aliphatic rings. The van der Waals surface area contributed by atoms with Gasteiger partial charge in [-0.2, -0.15) is 5.26 Å². The van der Waals surface area contributed by atoms with E-state index in [1.807, 2.05) is 24.3 Å². The molecule has 0 aliphatic heterocycles. The van der Waals surface area contributed by atoms with Gasteiger partial charge >= 0.3 is 0 Å². The summed E-state index contributed by atoms with van der Waals surface area (Å²) in [7, 11) is 0. The topological polar surface area (TPSA) is 104 Å². The highest BCUT2D eigenvalue weighted by molar-refractivity contribution is 7.99. The Morgan fingerprint density at radius 3 is 2.79 bits per heavy atom. The Kier molecular flexibility index (Phi) is 6.87. The van der Waals surface area contributed by atoms with Gasteiger partial charge in [-0.1, -0.05) is 31.5 Å². The molecule has 7 nitrogen and oxygen atoms in total. The van der Waals surface area contributed by atoms with Crippen LogP contribution in [0.25, 0.3) is 5.69 Å². The summed E-state index contributed by atoms with van der Waals surface area (Å²) in [6, 6.07) is 16.3. The van der Waals surface area contributed by atoms with Crippen LogP contribution in [0, 0.1) is 11.3 Å². The minimum absolute atomic E-state index is 0.220. The van der Waals surface area contributed by atoms with E-state index in [1.54, 1.807) is 18.2 Å². The molecule has 0 aliphatic carbocycles. The van der Waals surface area contributed by atoms with Crippen LogP contribution in [0.2, 0.25) is 0 Å². The molecule has 0 atom stereocenters. The van der Waals surface area contributed by atoms with Gasteiger partial charge in [-0.3, -0.25) is 14.7 Å². The number of aryl methyl sites for hydroxylation is 1. The fourth-order valence-electron chi connectivity index (χ4n) is 2.75. The molecule has 148 valence electrons. The van der Waals surface area contributed by atoms with E-state index in [0.717, 1.165) is 18.5 Å². The quantitative estimate of drug-likeness (QED) is 0.556. The Morgan fingerprint density at radius 1 is 1.28 bits per heavy atom. The van der Waals surface area contributed by atoms with Crippen molar-refractivity contribution < 1.29 is 4.79 Å². The zero-order valence-electron chi connectivity index (χ0n) is 16.0. The highest BCUT2D eigenvalue weighted by Crippen LogP contribution is 2.22. The molecule has 0 saturated heterocycles. The second kappa shape index (κ2) is 9.75. The molecule has 2 N–H and O–H groups in total. The van der Waals surface area contributed by atoms with E-state index in [1.165, 1.54) is 22.5 Å². The van der Waals surface area contributed by atoms with Crippen molar-refractivity contribution in [3.8, 4) is 11.8 Å². The monoisotopic (exact) mass is 407 g/mol. The van der Waals surface area contributed by atoms with Crippen LogP contribution < -0.4 is 10.9 Å². The number of hydrogen-bond donors (Lipinski definition) is 2. The molecule has 8 heteroatoms. The fraction of sp³-hybridized carbons (Fsp3) is 0.238. The average molecular weight is 407 g/mol. The number of anilines is 1. The lowest BCUT2D eigenvalue weighted by molar-refractivity contribution is -0.115. The molecule has 0 fully saturated rings. The third-order valence-corrected chi connectivity index (χ3v) is 5.11. The number of carbonyl (C=O) groups is 1. The molecule has 2 heterocycles. The number of para-hydroxylation sites is 1. The van der Waals surface area contributed by atoms with Crippen molar-refractivity contribution in [2.24, 2.45) is 0 Å². The van der Waals surface area contributed by atoms with Gasteiger partial charge in [0.2, 0.25) is 5.91 Å². The van der Waals surface area contributed by atoms with E-state index in [4.69, 9.17) is 0 Å². The second-order valence-corrected chi connectivity index (χ2v) is 7.43. The highest BCUT2D eigenvalue weighted by atomic mass is 32.2. The van der Waals surface area contributed by atoms with Gasteiger partial charge < -0.3 is 5.32 Å². The maximum Gasteiger partial charge on any atom is 0.273 e. The normalized spacial score (nSPS) is 10.5. The number of rotatable bonds is 8. The fourth-order valence-corrected chi connectivity index (χ4v) is 3.68. The number of carbonyl (C=O) groups excluding carboxylic acids is 1. The molecular formula is C21H21N5O2S. The van der Waals surface area contributed by atoms with Crippen LogP contribution in [-0.4, -0.2) is 26.4 Å². The van der Waals surface area contributed by atoms with E-state index in [0.29, 0.717) is 27.8 Å². The maximum atomic E-state index is 12.2. The predicted molar refractivity (Wildman–Crippen MR) is 113 cm³/mol. The third kappa shape index (κ3) is 5.36. The van der Waals surface area contributed by atoms with E-state index in [-0.39, 0.29) is 17.9 Å². The van der Waals surface area contributed by atoms with Crippen molar-refractivity contribution in [1.82, 2.24) is 14.8 Å². The SMILES string of the molecule is CCCc1ccc(C#N)c(SCCC(=O)Nc2cc(=O)n(-c3ccccc3)[nH]2)n1. The van der Waals surface area contributed by atoms with Crippen LogP contribution in [0.5, 0.6) is 0 Å². The zero-order chi connectivity index (χ0) is 20.6. The summed E-state index contributed by atoms with van der Waals surface area (Å²) in [6.45, 7) is 2.08. The molecule has 0 bridgehead atoms. The predicted octanol–water partition coefficient (Wildman–Crippen LogP) is 3.51. The average Bonchev–Trinajstić information content (AvgIpc) is 3.09. The number of benzene rings is 1. The lowest BCUT2D eigenvalue weighted by Gasteiger charge is -2.06. The van der Waals surface area contributed by atoms with Gasteiger partial charge in [0, 0.05) is 23.9 Å². The minimum Gasteiger partial charge on any atom is -0.311 e. The van der Waals surface area contributed by atoms with Crippen LogP contribution in [-0.2, 0) is 11.2 Å². The van der Waals surface area contributed by atoms with Gasteiger partial charge in [-0.15, -0.1) is 11.8 Å². The zero-order valence-corrected chi connectivity index (χ0v) is 16.8. The van der Waals surface area contributed by atoms with E-state index in [2.05, 4.69) is 28.4 Å². The van der Waals surface area contributed by atoms with Gasteiger partial charge in [-0.25, -0.2) is 9.67 Å². The van der Waals surface area contributed by atoms with Crippen LogP contribution >= 0.6 is 11.8 Å². The molecule has 3 rings (SSSR count). The Morgan fingerprint density at radius 2 is 2.07 bits per heavy atom. The maximum absolute atomic E-state index is 12.2. The Balaban J connectivity index is 1.58. The number of nitriles is 1. The lowest BCUT2D eigenvalue weighted by atomic mass is 10.2. The molecule has 0 saturated carbocycles. The van der Waals surface area contributed by atoms with E-state index in [9.17, 15) is 14.9 Å². The molecule has 0 radical (unpaired) electrons. The summed E-state index contributed by atoms with van der Waals surface area (Å²) < 4.78 is 1.37. The molecule has 3 aromatic rings. The standard InChI is InChI=1S/C21H21N5O2S/c1-2-6-16-10-9-15(14-22)21(23-16)29-12-11-19(27)24-18-13-20(28)26(25-18)17-7-4-3-5-8-17/h3-5,7-10,13,25H,2,6,11-12H2,1H3,(H,24,27). The lowest BCUT2D eigenvalue weighted by Crippen LogP contribution is -2.14. The molecule has 2 aromatic heterocycles. The summed E-state index contributed by atoms with van der Waals surface area (Å²) in [5, 5.41) is 15.5. The summed E-state index contributed by atoms with van der Waals surface area (Å²) in [5.74, 6) is 0.601. The van der Waals surface area contributed by atoms with Crippen molar-refractivity contribution in [3.05, 3.63) is 70.1 Å².